The molecule has 0 spiro atoms. The quantitative estimate of drug-likeness (QED) is 0.894. The van der Waals surface area contributed by atoms with Crippen LogP contribution in [0.25, 0.3) is 0 Å². The normalized spacial score (nSPS) is 19.9. The van der Waals surface area contributed by atoms with Crippen molar-refractivity contribution in [1.82, 2.24) is 10.2 Å². The van der Waals surface area contributed by atoms with Crippen LogP contribution in [-0.2, 0) is 0 Å². The number of carbonyl (C=O) groups excluding carboxylic acids is 1. The molecule has 2 rings (SSSR count). The fraction of sp³-hybridized carbons (Fsp3) is 0.462. The van der Waals surface area contributed by atoms with Gasteiger partial charge in [-0.2, -0.15) is 0 Å². The molecule has 5 heteroatoms. The number of hydrogen-bond acceptors (Lipinski definition) is 2. The van der Waals surface area contributed by atoms with Gasteiger partial charge in [-0.15, -0.1) is 0 Å². The van der Waals surface area contributed by atoms with Crippen molar-refractivity contribution >= 4 is 17.5 Å². The fourth-order valence-electron chi connectivity index (χ4n) is 2.26. The zero-order chi connectivity index (χ0) is 13.1. The first-order valence-corrected chi connectivity index (χ1v) is 6.42. The third kappa shape index (κ3) is 2.65. The number of halogens is 2. The van der Waals surface area contributed by atoms with Crippen LogP contribution in [0, 0.1) is 5.82 Å². The number of nitrogens with one attached hydrogen (secondary N) is 1. The van der Waals surface area contributed by atoms with E-state index in [0.29, 0.717) is 13.1 Å². The fourth-order valence-corrected chi connectivity index (χ4v) is 2.50. The first kappa shape index (κ1) is 13.3. The summed E-state index contributed by atoms with van der Waals surface area (Å²) in [6, 6.07) is 4.57. The van der Waals surface area contributed by atoms with Crippen LogP contribution in [0.15, 0.2) is 18.2 Å². The minimum absolute atomic E-state index is 0.0177. The molecule has 0 aromatic heterocycles. The molecule has 18 heavy (non-hydrogen) atoms. The Morgan fingerprint density at radius 3 is 3.00 bits per heavy atom. The van der Waals surface area contributed by atoms with Crippen molar-refractivity contribution < 1.29 is 9.18 Å². The standard InChI is InChI=1S/C13H16ClFN2O/c1-16-9-4-3-7-17(8-9)13(18)12-10(14)5-2-6-11(12)15/h2,5-6,9,16H,3-4,7-8H2,1H3/t9-/m0/s1. The average Bonchev–Trinajstić information content (AvgIpc) is 2.38. The predicted octanol–water partition coefficient (Wildman–Crippen LogP) is 2.30. The minimum atomic E-state index is -0.556. The molecular weight excluding hydrogens is 255 g/mol. The molecule has 1 heterocycles. The van der Waals surface area contributed by atoms with Gasteiger partial charge in [0.1, 0.15) is 5.82 Å². The summed E-state index contributed by atoms with van der Waals surface area (Å²) in [5, 5.41) is 3.32. The molecule has 1 saturated heterocycles. The van der Waals surface area contributed by atoms with Crippen molar-refractivity contribution in [2.24, 2.45) is 0 Å². The van der Waals surface area contributed by atoms with Gasteiger partial charge in [0.25, 0.3) is 5.91 Å². The molecule has 1 aliphatic rings. The Hall–Kier alpha value is -1.13. The molecule has 0 radical (unpaired) electrons. The molecule has 1 N–H and O–H groups in total. The molecule has 0 saturated carbocycles. The molecule has 1 aliphatic heterocycles. The summed E-state index contributed by atoms with van der Waals surface area (Å²) in [6.45, 7) is 1.25. The molecule has 0 aliphatic carbocycles. The first-order chi connectivity index (χ1) is 8.63. The lowest BCUT2D eigenvalue weighted by molar-refractivity contribution is 0.0693. The molecule has 1 atom stereocenters. The Kier molecular flexibility index (Phi) is 4.19. The highest BCUT2D eigenvalue weighted by molar-refractivity contribution is 6.33. The smallest absolute Gasteiger partial charge is 0.258 e. The second-order valence-electron chi connectivity index (χ2n) is 4.48. The van der Waals surface area contributed by atoms with E-state index < -0.39 is 5.82 Å². The molecule has 1 aromatic carbocycles. The van der Waals surface area contributed by atoms with Gasteiger partial charge in [-0.3, -0.25) is 4.79 Å². The Bertz CT molecular complexity index is 432. The average molecular weight is 271 g/mol. The van der Waals surface area contributed by atoms with E-state index in [1.807, 2.05) is 7.05 Å². The zero-order valence-corrected chi connectivity index (χ0v) is 11.0. The molecule has 1 aromatic rings. The Morgan fingerprint density at radius 1 is 1.56 bits per heavy atom. The van der Waals surface area contributed by atoms with Crippen LogP contribution in [0.5, 0.6) is 0 Å². The number of likely N-dealkylation sites (tertiary alicyclic amines) is 1. The number of likely N-dealkylation sites (N-methyl/N-ethyl adjacent to an activating group) is 1. The monoisotopic (exact) mass is 270 g/mol. The molecule has 1 fully saturated rings. The number of hydrogen-bond donors (Lipinski definition) is 1. The van der Waals surface area contributed by atoms with Gasteiger partial charge < -0.3 is 10.2 Å². The van der Waals surface area contributed by atoms with Crippen molar-refractivity contribution in [1.29, 1.82) is 0 Å². The van der Waals surface area contributed by atoms with Gasteiger partial charge in [0.2, 0.25) is 0 Å². The summed E-state index contributed by atoms with van der Waals surface area (Å²) >= 11 is 5.91. The van der Waals surface area contributed by atoms with E-state index in [2.05, 4.69) is 5.32 Å². The van der Waals surface area contributed by atoms with E-state index >= 15 is 0 Å². The topological polar surface area (TPSA) is 32.3 Å². The number of amides is 1. The highest BCUT2D eigenvalue weighted by atomic mass is 35.5. The highest BCUT2D eigenvalue weighted by Crippen LogP contribution is 2.22. The molecule has 0 unspecified atom stereocenters. The van der Waals surface area contributed by atoms with Gasteiger partial charge in [0, 0.05) is 19.1 Å². The summed E-state index contributed by atoms with van der Waals surface area (Å²) in [7, 11) is 1.87. The highest BCUT2D eigenvalue weighted by Gasteiger charge is 2.26. The first-order valence-electron chi connectivity index (χ1n) is 6.04. The van der Waals surface area contributed by atoms with Crippen molar-refractivity contribution in [2.45, 2.75) is 18.9 Å². The molecule has 98 valence electrons. The van der Waals surface area contributed by atoms with Gasteiger partial charge in [0.15, 0.2) is 0 Å². The summed E-state index contributed by atoms with van der Waals surface area (Å²) in [5.74, 6) is -0.878. The van der Waals surface area contributed by atoms with E-state index in [0.717, 1.165) is 12.8 Å². The maximum absolute atomic E-state index is 13.7. The summed E-state index contributed by atoms with van der Waals surface area (Å²) in [5.41, 5.74) is -0.0177. The summed E-state index contributed by atoms with van der Waals surface area (Å²) in [4.78, 5) is 13.9. The van der Waals surface area contributed by atoms with E-state index in [1.165, 1.54) is 18.2 Å². The van der Waals surface area contributed by atoms with Crippen molar-refractivity contribution in [3.63, 3.8) is 0 Å². The number of benzene rings is 1. The van der Waals surface area contributed by atoms with E-state index in [-0.39, 0.29) is 22.5 Å². The number of rotatable bonds is 2. The zero-order valence-electron chi connectivity index (χ0n) is 10.2. The van der Waals surface area contributed by atoms with Crippen LogP contribution in [0.4, 0.5) is 4.39 Å². The third-order valence-electron chi connectivity index (χ3n) is 3.29. The van der Waals surface area contributed by atoms with E-state index in [9.17, 15) is 9.18 Å². The van der Waals surface area contributed by atoms with Crippen LogP contribution >= 0.6 is 11.6 Å². The Labute approximate surface area is 111 Å². The van der Waals surface area contributed by atoms with Crippen LogP contribution in [0.2, 0.25) is 5.02 Å². The van der Waals surface area contributed by atoms with Gasteiger partial charge >= 0.3 is 0 Å². The van der Waals surface area contributed by atoms with Gasteiger partial charge in [-0.05, 0) is 32.0 Å². The number of carbonyl (C=O) groups is 1. The van der Waals surface area contributed by atoms with Crippen molar-refractivity contribution in [3.05, 3.63) is 34.6 Å². The van der Waals surface area contributed by atoms with Gasteiger partial charge in [-0.25, -0.2) is 4.39 Å². The summed E-state index contributed by atoms with van der Waals surface area (Å²) < 4.78 is 13.7. The summed E-state index contributed by atoms with van der Waals surface area (Å²) in [6.07, 6.45) is 1.95. The number of nitrogens with zero attached hydrogens (tertiary/aromatic N) is 1. The third-order valence-corrected chi connectivity index (χ3v) is 3.61. The lowest BCUT2D eigenvalue weighted by atomic mass is 10.0. The van der Waals surface area contributed by atoms with Gasteiger partial charge in [0.05, 0.1) is 10.6 Å². The van der Waals surface area contributed by atoms with Crippen molar-refractivity contribution in [2.75, 3.05) is 20.1 Å². The van der Waals surface area contributed by atoms with E-state index in [1.54, 1.807) is 4.90 Å². The SMILES string of the molecule is CN[C@H]1CCCN(C(=O)c2c(F)cccc2Cl)C1. The lowest BCUT2D eigenvalue weighted by Gasteiger charge is -2.32. The second-order valence-corrected chi connectivity index (χ2v) is 4.88. The van der Waals surface area contributed by atoms with Crippen molar-refractivity contribution in [3.8, 4) is 0 Å². The predicted molar refractivity (Wildman–Crippen MR) is 69.4 cm³/mol. The molecule has 3 nitrogen and oxygen atoms in total. The molecule has 1 amide bonds. The second kappa shape index (κ2) is 5.67. The maximum Gasteiger partial charge on any atom is 0.258 e. The maximum atomic E-state index is 13.7. The molecule has 0 bridgehead atoms. The Balaban J connectivity index is 2.20. The van der Waals surface area contributed by atoms with Gasteiger partial charge in [-0.1, -0.05) is 17.7 Å². The lowest BCUT2D eigenvalue weighted by Crippen LogP contribution is -2.47. The largest absolute Gasteiger partial charge is 0.337 e. The van der Waals surface area contributed by atoms with Crippen LogP contribution in [0.3, 0.4) is 0 Å². The van der Waals surface area contributed by atoms with Crippen LogP contribution < -0.4 is 5.32 Å². The minimum Gasteiger partial charge on any atom is -0.337 e. The van der Waals surface area contributed by atoms with Crippen LogP contribution in [-0.4, -0.2) is 37.0 Å². The number of piperidine rings is 1. The van der Waals surface area contributed by atoms with E-state index in [4.69, 9.17) is 11.6 Å². The molecular formula is C13H16ClFN2O. The Morgan fingerprint density at radius 2 is 2.33 bits per heavy atom. The van der Waals surface area contributed by atoms with Crippen LogP contribution in [0.1, 0.15) is 23.2 Å².